The number of rotatable bonds is 1. The molecule has 88 valence electrons. The van der Waals surface area contributed by atoms with Crippen molar-refractivity contribution in [3.8, 4) is 11.3 Å². The zero-order valence-corrected chi connectivity index (χ0v) is 10.2. The van der Waals surface area contributed by atoms with Gasteiger partial charge >= 0.3 is 0 Å². The Bertz CT molecular complexity index is 708. The molecule has 3 rings (SSSR count). The molecule has 2 N–H and O–H groups in total. The van der Waals surface area contributed by atoms with Gasteiger partial charge in [0.2, 0.25) is 0 Å². The fourth-order valence-electron chi connectivity index (χ4n) is 1.83. The van der Waals surface area contributed by atoms with Gasteiger partial charge in [-0.05, 0) is 24.3 Å². The third-order valence-electron chi connectivity index (χ3n) is 2.72. The Morgan fingerprint density at radius 1 is 0.833 bits per heavy atom. The van der Waals surface area contributed by atoms with E-state index in [1.807, 2.05) is 48.5 Å². The lowest BCUT2D eigenvalue weighted by molar-refractivity contribution is 1.30. The van der Waals surface area contributed by atoms with Gasteiger partial charge in [-0.2, -0.15) is 0 Å². The van der Waals surface area contributed by atoms with E-state index in [1.54, 1.807) is 0 Å². The molecule has 3 nitrogen and oxygen atoms in total. The van der Waals surface area contributed by atoms with Crippen LogP contribution in [0.4, 0.5) is 5.82 Å². The first-order valence-electron chi connectivity index (χ1n) is 5.52. The molecule has 0 aliphatic rings. The fraction of sp³-hybridized carbons (Fsp3) is 0. The van der Waals surface area contributed by atoms with Crippen LogP contribution in [0.25, 0.3) is 22.3 Å². The van der Waals surface area contributed by atoms with E-state index in [4.69, 9.17) is 17.3 Å². The van der Waals surface area contributed by atoms with Gasteiger partial charge < -0.3 is 5.73 Å². The minimum atomic E-state index is 0.427. The lowest BCUT2D eigenvalue weighted by atomic mass is 10.1. The summed E-state index contributed by atoms with van der Waals surface area (Å²) < 4.78 is 0. The molecule has 0 atom stereocenters. The number of aromatic nitrogens is 2. The van der Waals surface area contributed by atoms with Crippen molar-refractivity contribution in [1.82, 2.24) is 9.97 Å². The molecule has 1 heterocycles. The van der Waals surface area contributed by atoms with Crippen LogP contribution >= 0.6 is 11.6 Å². The average molecular weight is 256 g/mol. The Morgan fingerprint density at radius 2 is 1.44 bits per heavy atom. The van der Waals surface area contributed by atoms with E-state index >= 15 is 0 Å². The van der Waals surface area contributed by atoms with Crippen LogP contribution in [0.1, 0.15) is 0 Å². The summed E-state index contributed by atoms with van der Waals surface area (Å²) in [5, 5.41) is 0.686. The Hall–Kier alpha value is -2.13. The molecule has 0 bridgehead atoms. The highest BCUT2D eigenvalue weighted by molar-refractivity contribution is 6.30. The minimum Gasteiger partial charge on any atom is -0.382 e. The number of nitrogen functional groups attached to an aromatic ring is 1. The third kappa shape index (κ3) is 1.89. The molecule has 0 radical (unpaired) electrons. The second-order valence-corrected chi connectivity index (χ2v) is 4.39. The molecular weight excluding hydrogens is 246 g/mol. The predicted octanol–water partition coefficient (Wildman–Crippen LogP) is 3.53. The zero-order valence-electron chi connectivity index (χ0n) is 9.47. The van der Waals surface area contributed by atoms with Crippen molar-refractivity contribution in [2.24, 2.45) is 0 Å². The standard InChI is InChI=1S/C14H10ClN3/c15-10-7-5-9(6-8-10)13-14(16)18-12-4-2-1-3-11(12)17-13/h1-8H,(H2,16,18). The van der Waals surface area contributed by atoms with E-state index in [-0.39, 0.29) is 0 Å². The number of hydrogen-bond acceptors (Lipinski definition) is 3. The van der Waals surface area contributed by atoms with E-state index in [0.29, 0.717) is 16.5 Å². The summed E-state index contributed by atoms with van der Waals surface area (Å²) in [7, 11) is 0. The molecule has 0 aliphatic carbocycles. The highest BCUT2D eigenvalue weighted by atomic mass is 35.5. The van der Waals surface area contributed by atoms with Gasteiger partial charge in [0.05, 0.1) is 11.0 Å². The van der Waals surface area contributed by atoms with Crippen molar-refractivity contribution in [1.29, 1.82) is 0 Å². The van der Waals surface area contributed by atoms with Crippen LogP contribution in [0, 0.1) is 0 Å². The lowest BCUT2D eigenvalue weighted by Crippen LogP contribution is -1.98. The summed E-state index contributed by atoms with van der Waals surface area (Å²) in [5.74, 6) is 0.427. The number of para-hydroxylation sites is 2. The van der Waals surface area contributed by atoms with Crippen molar-refractivity contribution in [3.63, 3.8) is 0 Å². The Morgan fingerprint density at radius 3 is 2.11 bits per heavy atom. The molecule has 0 aliphatic heterocycles. The highest BCUT2D eigenvalue weighted by Crippen LogP contribution is 2.25. The summed E-state index contributed by atoms with van der Waals surface area (Å²) in [6.07, 6.45) is 0. The number of hydrogen-bond donors (Lipinski definition) is 1. The van der Waals surface area contributed by atoms with Crippen LogP contribution in [0.5, 0.6) is 0 Å². The summed E-state index contributed by atoms with van der Waals surface area (Å²) in [6.45, 7) is 0. The molecule has 0 unspecified atom stereocenters. The molecule has 2 aromatic carbocycles. The smallest absolute Gasteiger partial charge is 0.150 e. The average Bonchev–Trinajstić information content (AvgIpc) is 2.39. The fourth-order valence-corrected chi connectivity index (χ4v) is 1.96. The second kappa shape index (κ2) is 4.27. The van der Waals surface area contributed by atoms with E-state index in [0.717, 1.165) is 16.6 Å². The first-order valence-corrected chi connectivity index (χ1v) is 5.90. The highest BCUT2D eigenvalue weighted by Gasteiger charge is 2.07. The number of nitrogens with zero attached hydrogens (tertiary/aromatic N) is 2. The molecule has 4 heteroatoms. The third-order valence-corrected chi connectivity index (χ3v) is 2.97. The number of nitrogens with two attached hydrogens (primary N) is 1. The Labute approximate surface area is 109 Å². The number of benzene rings is 2. The molecule has 18 heavy (non-hydrogen) atoms. The number of fused-ring (bicyclic) bond motifs is 1. The molecule has 0 saturated carbocycles. The quantitative estimate of drug-likeness (QED) is 0.724. The first kappa shape index (κ1) is 11.0. The van der Waals surface area contributed by atoms with E-state index in [2.05, 4.69) is 9.97 Å². The number of halogens is 1. The summed E-state index contributed by atoms with van der Waals surface area (Å²) in [6, 6.07) is 15.1. The van der Waals surface area contributed by atoms with Crippen molar-refractivity contribution >= 4 is 28.5 Å². The van der Waals surface area contributed by atoms with Crippen molar-refractivity contribution in [2.45, 2.75) is 0 Å². The molecular formula is C14H10ClN3. The van der Waals surface area contributed by atoms with Crippen LogP contribution in [0.15, 0.2) is 48.5 Å². The maximum absolute atomic E-state index is 5.95. The van der Waals surface area contributed by atoms with Crippen molar-refractivity contribution in [2.75, 3.05) is 5.73 Å². The Kier molecular flexibility index (Phi) is 2.61. The topological polar surface area (TPSA) is 51.8 Å². The van der Waals surface area contributed by atoms with Crippen LogP contribution in [-0.2, 0) is 0 Å². The maximum Gasteiger partial charge on any atom is 0.150 e. The molecule has 3 aromatic rings. The van der Waals surface area contributed by atoms with Crippen LogP contribution in [0.3, 0.4) is 0 Å². The molecule has 0 amide bonds. The van der Waals surface area contributed by atoms with Gasteiger partial charge in [0.25, 0.3) is 0 Å². The summed E-state index contributed by atoms with van der Waals surface area (Å²) in [5.41, 5.74) is 9.18. The van der Waals surface area contributed by atoms with Crippen molar-refractivity contribution < 1.29 is 0 Å². The van der Waals surface area contributed by atoms with Crippen LogP contribution < -0.4 is 5.73 Å². The molecule has 1 aromatic heterocycles. The van der Waals surface area contributed by atoms with Gasteiger partial charge in [0, 0.05) is 10.6 Å². The number of anilines is 1. The van der Waals surface area contributed by atoms with Gasteiger partial charge in [0.1, 0.15) is 5.69 Å². The lowest BCUT2D eigenvalue weighted by Gasteiger charge is -2.06. The molecule has 0 fully saturated rings. The van der Waals surface area contributed by atoms with Crippen LogP contribution in [-0.4, -0.2) is 9.97 Å². The second-order valence-electron chi connectivity index (χ2n) is 3.95. The minimum absolute atomic E-state index is 0.427. The van der Waals surface area contributed by atoms with Crippen LogP contribution in [0.2, 0.25) is 5.02 Å². The maximum atomic E-state index is 5.95. The van der Waals surface area contributed by atoms with Gasteiger partial charge in [-0.25, -0.2) is 9.97 Å². The SMILES string of the molecule is Nc1nc2ccccc2nc1-c1ccc(Cl)cc1. The van der Waals surface area contributed by atoms with E-state index in [1.165, 1.54) is 0 Å². The van der Waals surface area contributed by atoms with Gasteiger partial charge in [-0.15, -0.1) is 0 Å². The molecule has 0 saturated heterocycles. The van der Waals surface area contributed by atoms with E-state index < -0.39 is 0 Å². The first-order chi connectivity index (χ1) is 8.74. The predicted molar refractivity (Wildman–Crippen MR) is 74.4 cm³/mol. The largest absolute Gasteiger partial charge is 0.382 e. The van der Waals surface area contributed by atoms with Gasteiger partial charge in [0.15, 0.2) is 5.82 Å². The summed E-state index contributed by atoms with van der Waals surface area (Å²) >= 11 is 5.87. The molecule has 0 spiro atoms. The summed E-state index contributed by atoms with van der Waals surface area (Å²) in [4.78, 5) is 8.90. The monoisotopic (exact) mass is 255 g/mol. The van der Waals surface area contributed by atoms with Gasteiger partial charge in [-0.1, -0.05) is 35.9 Å². The van der Waals surface area contributed by atoms with Gasteiger partial charge in [-0.3, -0.25) is 0 Å². The van der Waals surface area contributed by atoms with E-state index in [9.17, 15) is 0 Å². The Balaban J connectivity index is 2.22. The zero-order chi connectivity index (χ0) is 12.5. The normalized spacial score (nSPS) is 10.7. The van der Waals surface area contributed by atoms with Crippen molar-refractivity contribution in [3.05, 3.63) is 53.6 Å².